The monoisotopic (exact) mass is 489 g/mol. The SMILES string of the molecule is CC(C)(C)C.CC(C)(C)C.CC(C)(C)C.CC(C)(C)C.O=C1CCN2CCc3ccccc3C2C1. The first-order valence-corrected chi connectivity index (χ1v) is 13.7. The van der Waals surface area contributed by atoms with Crippen molar-refractivity contribution in [2.24, 2.45) is 21.7 Å². The molecule has 1 fully saturated rings. The summed E-state index contributed by atoms with van der Waals surface area (Å²) in [5.41, 5.74) is 4.82. The normalized spacial score (nSPS) is 17.9. The number of piperidine rings is 1. The van der Waals surface area contributed by atoms with Crippen LogP contribution in [0, 0.1) is 21.7 Å². The molecule has 2 aliphatic rings. The van der Waals surface area contributed by atoms with E-state index >= 15 is 0 Å². The van der Waals surface area contributed by atoms with Crippen molar-refractivity contribution < 1.29 is 4.79 Å². The molecule has 0 amide bonds. The summed E-state index contributed by atoms with van der Waals surface area (Å²) in [5, 5.41) is 0. The van der Waals surface area contributed by atoms with E-state index in [0.717, 1.165) is 32.4 Å². The molecule has 0 radical (unpaired) electrons. The lowest BCUT2D eigenvalue weighted by atomic mass is 9.86. The van der Waals surface area contributed by atoms with Gasteiger partial charge in [-0.05, 0) is 39.2 Å². The van der Waals surface area contributed by atoms with Gasteiger partial charge in [0.2, 0.25) is 0 Å². The van der Waals surface area contributed by atoms with E-state index in [0.29, 0.717) is 33.5 Å². The van der Waals surface area contributed by atoms with Crippen LogP contribution in [-0.4, -0.2) is 23.8 Å². The lowest BCUT2D eigenvalue weighted by Crippen LogP contribution is -2.41. The first-order chi connectivity index (χ1) is 15.3. The zero-order valence-corrected chi connectivity index (χ0v) is 26.8. The van der Waals surface area contributed by atoms with E-state index in [9.17, 15) is 4.79 Å². The first kappa shape index (κ1) is 36.0. The van der Waals surface area contributed by atoms with Crippen LogP contribution in [0.3, 0.4) is 0 Å². The molecule has 1 saturated heterocycles. The Morgan fingerprint density at radius 2 is 0.943 bits per heavy atom. The second-order valence-electron chi connectivity index (χ2n) is 16.5. The average Bonchev–Trinajstić information content (AvgIpc) is 2.56. The van der Waals surface area contributed by atoms with Crippen molar-refractivity contribution >= 4 is 5.78 Å². The maximum absolute atomic E-state index is 11.5. The van der Waals surface area contributed by atoms with Gasteiger partial charge in [0.1, 0.15) is 5.78 Å². The van der Waals surface area contributed by atoms with Crippen LogP contribution in [0.15, 0.2) is 24.3 Å². The van der Waals surface area contributed by atoms with Crippen molar-refractivity contribution in [3.05, 3.63) is 35.4 Å². The minimum absolute atomic E-state index is 0.371. The van der Waals surface area contributed by atoms with Gasteiger partial charge in [0, 0.05) is 32.0 Å². The Kier molecular flexibility index (Phi) is 15.6. The van der Waals surface area contributed by atoms with E-state index in [4.69, 9.17) is 0 Å². The molecule has 2 aliphatic heterocycles. The molecule has 0 aromatic heterocycles. The van der Waals surface area contributed by atoms with Gasteiger partial charge in [0.25, 0.3) is 0 Å². The van der Waals surface area contributed by atoms with Gasteiger partial charge < -0.3 is 0 Å². The van der Waals surface area contributed by atoms with Crippen molar-refractivity contribution in [3.63, 3.8) is 0 Å². The lowest BCUT2D eigenvalue weighted by molar-refractivity contribution is -0.123. The molecule has 206 valence electrons. The Bertz CT molecular complexity index is 632. The highest BCUT2D eigenvalue weighted by atomic mass is 16.1. The maximum atomic E-state index is 11.5. The highest BCUT2D eigenvalue weighted by Crippen LogP contribution is 2.34. The molecule has 1 aromatic carbocycles. The number of carbonyl (C=O) groups excluding carboxylic acids is 1. The van der Waals surface area contributed by atoms with E-state index in [-0.39, 0.29) is 0 Å². The summed E-state index contributed by atoms with van der Waals surface area (Å²) in [6.45, 7) is 37.1. The fourth-order valence-electron chi connectivity index (χ4n) is 2.80. The minimum atomic E-state index is 0.371. The van der Waals surface area contributed by atoms with Gasteiger partial charge in [-0.3, -0.25) is 9.69 Å². The molecule has 1 atom stereocenters. The summed E-state index contributed by atoms with van der Waals surface area (Å²) in [6, 6.07) is 8.94. The fourth-order valence-corrected chi connectivity index (χ4v) is 2.80. The summed E-state index contributed by atoms with van der Waals surface area (Å²) in [7, 11) is 0. The fraction of sp³-hybridized carbons (Fsp3) is 0.788. The van der Waals surface area contributed by atoms with Crippen LogP contribution in [0.25, 0.3) is 0 Å². The molecule has 1 aromatic rings. The molecular formula is C33H63NO. The van der Waals surface area contributed by atoms with Crippen LogP contribution in [0.1, 0.15) is 141 Å². The molecule has 0 aliphatic carbocycles. The zero-order chi connectivity index (χ0) is 28.3. The Labute approximate surface area is 221 Å². The van der Waals surface area contributed by atoms with Crippen molar-refractivity contribution in [1.82, 2.24) is 4.90 Å². The standard InChI is InChI=1S/C13H15NO.4C5H12/c15-11-6-8-14-7-5-10-3-1-2-4-12(10)13(14)9-11;4*1-5(2,3)4/h1-4,13H,5-9H2;4*1-4H3. The highest BCUT2D eigenvalue weighted by molar-refractivity contribution is 5.80. The van der Waals surface area contributed by atoms with Crippen LogP contribution < -0.4 is 0 Å². The molecule has 0 saturated carbocycles. The molecule has 0 spiro atoms. The quantitative estimate of drug-likeness (QED) is 0.361. The van der Waals surface area contributed by atoms with Gasteiger partial charge in [0.15, 0.2) is 0 Å². The average molecular weight is 490 g/mol. The van der Waals surface area contributed by atoms with Crippen molar-refractivity contribution in [3.8, 4) is 0 Å². The third-order valence-corrected chi connectivity index (χ3v) is 3.62. The molecule has 2 nitrogen and oxygen atoms in total. The van der Waals surface area contributed by atoms with Gasteiger partial charge in [-0.15, -0.1) is 0 Å². The minimum Gasteiger partial charge on any atom is -0.300 e. The van der Waals surface area contributed by atoms with Crippen molar-refractivity contribution in [1.29, 1.82) is 0 Å². The van der Waals surface area contributed by atoms with Crippen molar-refractivity contribution in [2.75, 3.05) is 13.1 Å². The molecule has 0 bridgehead atoms. The molecule has 35 heavy (non-hydrogen) atoms. The number of benzene rings is 1. The number of hydrogen-bond acceptors (Lipinski definition) is 2. The molecule has 2 heterocycles. The first-order valence-electron chi connectivity index (χ1n) is 13.7. The third-order valence-electron chi connectivity index (χ3n) is 3.62. The van der Waals surface area contributed by atoms with Crippen LogP contribution in [0.2, 0.25) is 0 Å². The highest BCUT2D eigenvalue weighted by Gasteiger charge is 2.32. The number of ketones is 1. The number of hydrogen-bond donors (Lipinski definition) is 0. The van der Waals surface area contributed by atoms with Crippen LogP contribution in [0.4, 0.5) is 0 Å². The summed E-state index contributed by atoms with van der Waals surface area (Å²) in [6.07, 6.45) is 2.61. The molecular weight excluding hydrogens is 426 g/mol. The van der Waals surface area contributed by atoms with Crippen LogP contribution in [-0.2, 0) is 11.2 Å². The second kappa shape index (κ2) is 15.2. The maximum Gasteiger partial charge on any atom is 0.136 e. The molecule has 0 N–H and O–H groups in total. The lowest BCUT2D eigenvalue weighted by Gasteiger charge is -2.39. The summed E-state index contributed by atoms with van der Waals surface area (Å²) in [5.74, 6) is 0.424. The summed E-state index contributed by atoms with van der Waals surface area (Å²) in [4.78, 5) is 14.0. The number of carbonyl (C=O) groups is 1. The van der Waals surface area contributed by atoms with Gasteiger partial charge >= 0.3 is 0 Å². The predicted octanol–water partition coefficient (Wildman–Crippen LogP) is 10.2. The van der Waals surface area contributed by atoms with Gasteiger partial charge in [0.05, 0.1) is 0 Å². The van der Waals surface area contributed by atoms with Crippen molar-refractivity contribution in [2.45, 2.75) is 136 Å². The third kappa shape index (κ3) is 30.8. The zero-order valence-electron chi connectivity index (χ0n) is 26.8. The van der Waals surface area contributed by atoms with Gasteiger partial charge in [-0.25, -0.2) is 0 Å². The molecule has 3 rings (SSSR count). The van der Waals surface area contributed by atoms with E-state index in [1.54, 1.807) is 0 Å². The largest absolute Gasteiger partial charge is 0.300 e. The Morgan fingerprint density at radius 1 is 0.600 bits per heavy atom. The summed E-state index contributed by atoms with van der Waals surface area (Å²) < 4.78 is 0. The smallest absolute Gasteiger partial charge is 0.136 e. The van der Waals surface area contributed by atoms with E-state index < -0.39 is 0 Å². The number of Topliss-reactive ketones (excluding diaryl/α,β-unsaturated/α-hetero) is 1. The number of rotatable bonds is 0. The number of fused-ring (bicyclic) bond motifs is 3. The van der Waals surface area contributed by atoms with Crippen LogP contribution >= 0.6 is 0 Å². The Morgan fingerprint density at radius 3 is 1.34 bits per heavy atom. The van der Waals surface area contributed by atoms with Gasteiger partial charge in [-0.1, -0.05) is 135 Å². The van der Waals surface area contributed by atoms with Crippen LogP contribution in [0.5, 0.6) is 0 Å². The van der Waals surface area contributed by atoms with E-state index in [1.165, 1.54) is 11.1 Å². The Balaban J connectivity index is 0. The molecule has 1 unspecified atom stereocenters. The van der Waals surface area contributed by atoms with E-state index in [2.05, 4.69) is 140 Å². The van der Waals surface area contributed by atoms with Gasteiger partial charge in [-0.2, -0.15) is 0 Å². The molecule has 2 heteroatoms. The second-order valence-corrected chi connectivity index (χ2v) is 16.5. The topological polar surface area (TPSA) is 20.3 Å². The summed E-state index contributed by atoms with van der Waals surface area (Å²) >= 11 is 0. The van der Waals surface area contributed by atoms with E-state index in [1.807, 2.05) is 0 Å². The Hall–Kier alpha value is -1.15. The number of nitrogens with zero attached hydrogens (tertiary/aromatic N) is 1. The predicted molar refractivity (Wildman–Crippen MR) is 159 cm³/mol.